The number of thiophene rings is 1. The summed E-state index contributed by atoms with van der Waals surface area (Å²) in [5.41, 5.74) is -0.0891. The van der Waals surface area contributed by atoms with Gasteiger partial charge in [-0.05, 0) is 31.2 Å². The Hall–Kier alpha value is -1.84. The maximum atomic E-state index is 13.6. The van der Waals surface area contributed by atoms with Crippen LogP contribution < -0.4 is 0 Å². The molecule has 2 nitrogen and oxygen atoms in total. The lowest BCUT2D eigenvalue weighted by Crippen LogP contribution is -2.05. The Morgan fingerprint density at radius 3 is 2.52 bits per heavy atom. The number of carbonyl (C=O) groups excluding carboxylic acids is 1. The zero-order valence-corrected chi connectivity index (χ0v) is 14.9. The molecule has 0 aliphatic heterocycles. The molecule has 0 saturated heterocycles. The quantitative estimate of drug-likeness (QED) is 0.416. The molecule has 2 heterocycles. The molecule has 130 valence electrons. The van der Waals surface area contributed by atoms with Crippen LogP contribution in [0.25, 0.3) is 21.8 Å². The molecule has 3 aromatic rings. The average Bonchev–Trinajstić information content (AvgIpc) is 3.12. The largest absolute Gasteiger partial charge is 0.736 e. The number of hydrogen-bond donors (Lipinski definition) is 0. The van der Waals surface area contributed by atoms with Crippen LogP contribution in [0.2, 0.25) is 0 Å². The Labute approximate surface area is 153 Å². The van der Waals surface area contributed by atoms with Gasteiger partial charge >= 0.3 is 6.18 Å². The van der Waals surface area contributed by atoms with E-state index >= 15 is 0 Å². The molecule has 0 N–H and O–H groups in total. The lowest BCUT2D eigenvalue weighted by molar-refractivity contribution is -0.137. The van der Waals surface area contributed by atoms with Crippen LogP contribution >= 0.6 is 22.7 Å². The fourth-order valence-electron chi connectivity index (χ4n) is 2.23. The van der Waals surface area contributed by atoms with Gasteiger partial charge in [-0.3, -0.25) is 0 Å². The predicted molar refractivity (Wildman–Crippen MR) is 92.3 cm³/mol. The molecule has 0 radical (unpaired) electrons. The maximum Gasteiger partial charge on any atom is 0.416 e. The van der Waals surface area contributed by atoms with Crippen LogP contribution in [0.5, 0.6) is 0 Å². The maximum absolute atomic E-state index is 13.6. The lowest BCUT2D eigenvalue weighted by Gasteiger charge is -2.08. The van der Waals surface area contributed by atoms with Crippen LogP contribution in [0.3, 0.4) is 0 Å². The summed E-state index contributed by atoms with van der Waals surface area (Å²) in [5, 5.41) is 1.61. The van der Waals surface area contributed by atoms with E-state index in [1.165, 1.54) is 22.7 Å². The van der Waals surface area contributed by atoms with Gasteiger partial charge in [0, 0.05) is 26.3 Å². The Balaban J connectivity index is 2.03. The van der Waals surface area contributed by atoms with Crippen LogP contribution in [0, 0.1) is 12.7 Å². The molecule has 3 rings (SSSR count). The minimum absolute atomic E-state index is 0.0438. The van der Waals surface area contributed by atoms with Gasteiger partial charge in [-0.25, -0.2) is 9.37 Å². The number of rotatable bonds is 3. The number of thiazole rings is 1. The Kier molecular flexibility index (Phi) is 4.65. The third-order valence-corrected chi connectivity index (χ3v) is 5.65. The van der Waals surface area contributed by atoms with Crippen LogP contribution in [0.1, 0.15) is 20.1 Å². The number of alkyl halides is 3. The van der Waals surface area contributed by atoms with Gasteiger partial charge in [0.1, 0.15) is 10.8 Å². The second-order valence-corrected chi connectivity index (χ2v) is 7.62. The standard InChI is InChI=1S/C16H9F4NOS3/c1-7-11(5-13(25-7)15(22)23)14-21-12(6-24-14)8-2-9(16(18,19)20)4-10(17)3-8/h2-6H,1H3,(H,22,23)/p-1. The van der Waals surface area contributed by atoms with Crippen molar-refractivity contribution < 1.29 is 22.4 Å². The van der Waals surface area contributed by atoms with E-state index in [4.69, 9.17) is 0 Å². The summed E-state index contributed by atoms with van der Waals surface area (Å²) < 4.78 is 52.1. The normalized spacial score (nSPS) is 11.7. The Bertz CT molecular complexity index is 959. The van der Waals surface area contributed by atoms with Gasteiger partial charge in [-0.15, -0.1) is 22.7 Å². The monoisotopic (exact) mass is 402 g/mol. The van der Waals surface area contributed by atoms with Crippen molar-refractivity contribution in [3.05, 3.63) is 50.8 Å². The van der Waals surface area contributed by atoms with Gasteiger partial charge < -0.3 is 17.4 Å². The summed E-state index contributed by atoms with van der Waals surface area (Å²) in [6.07, 6.45) is -4.64. The molecule has 0 unspecified atom stereocenters. The zero-order valence-electron chi connectivity index (χ0n) is 12.5. The number of carbonyl (C=O) groups is 1. The van der Waals surface area contributed by atoms with E-state index in [0.717, 1.165) is 17.0 Å². The molecular weight excluding hydrogens is 394 g/mol. The third kappa shape index (κ3) is 3.73. The molecule has 0 spiro atoms. The van der Waals surface area contributed by atoms with E-state index in [0.29, 0.717) is 21.5 Å². The summed E-state index contributed by atoms with van der Waals surface area (Å²) in [7, 11) is 0. The van der Waals surface area contributed by atoms with E-state index < -0.39 is 22.7 Å². The summed E-state index contributed by atoms with van der Waals surface area (Å²) in [6, 6.07) is 3.93. The van der Waals surface area contributed by atoms with E-state index in [-0.39, 0.29) is 11.3 Å². The van der Waals surface area contributed by atoms with Crippen LogP contribution in [-0.4, -0.2) is 10.1 Å². The molecular formula is C16H8F4NOS3-. The van der Waals surface area contributed by atoms with Crippen LogP contribution in [0.15, 0.2) is 29.6 Å². The first-order chi connectivity index (χ1) is 11.6. The molecule has 2 aromatic heterocycles. The molecule has 0 bridgehead atoms. The molecule has 0 saturated carbocycles. The third-order valence-electron chi connectivity index (χ3n) is 3.37. The van der Waals surface area contributed by atoms with Crippen molar-refractivity contribution >= 4 is 40.4 Å². The van der Waals surface area contributed by atoms with Gasteiger partial charge in [0.25, 0.3) is 0 Å². The molecule has 25 heavy (non-hydrogen) atoms. The van der Waals surface area contributed by atoms with Crippen molar-refractivity contribution in [1.82, 2.24) is 4.98 Å². The summed E-state index contributed by atoms with van der Waals surface area (Å²) in [5.74, 6) is -0.981. The van der Waals surface area contributed by atoms with Gasteiger partial charge in [0.05, 0.1) is 16.4 Å². The van der Waals surface area contributed by atoms with E-state index in [1.807, 2.05) is 0 Å². The Morgan fingerprint density at radius 2 is 1.92 bits per heavy atom. The van der Waals surface area contributed by atoms with Gasteiger partial charge in [-0.2, -0.15) is 13.2 Å². The van der Waals surface area contributed by atoms with Crippen molar-refractivity contribution in [1.29, 1.82) is 0 Å². The number of aromatic nitrogens is 1. The zero-order chi connectivity index (χ0) is 18.4. The van der Waals surface area contributed by atoms with E-state index in [9.17, 15) is 22.4 Å². The summed E-state index contributed by atoms with van der Waals surface area (Å²) in [4.78, 5) is 16.8. The van der Waals surface area contributed by atoms with Crippen molar-refractivity contribution in [3.63, 3.8) is 0 Å². The fraction of sp³-hybridized carbons (Fsp3) is 0.125. The van der Waals surface area contributed by atoms with Crippen LogP contribution in [-0.2, 0) is 18.8 Å². The lowest BCUT2D eigenvalue weighted by atomic mass is 10.1. The number of halogens is 4. The second kappa shape index (κ2) is 6.47. The van der Waals surface area contributed by atoms with E-state index in [2.05, 4.69) is 17.6 Å². The summed E-state index contributed by atoms with van der Waals surface area (Å²) >= 11 is 7.06. The molecule has 9 heteroatoms. The van der Waals surface area contributed by atoms with Crippen LogP contribution in [0.4, 0.5) is 17.6 Å². The molecule has 0 aliphatic carbocycles. The average molecular weight is 402 g/mol. The van der Waals surface area contributed by atoms with Gasteiger partial charge in [0.2, 0.25) is 0 Å². The molecule has 0 aliphatic rings. The fourth-order valence-corrected chi connectivity index (χ4v) is 4.23. The SMILES string of the molecule is Cc1sc(C(=O)[S-])cc1-c1nc(-c2cc(F)cc(C(F)(F)F)c2)cs1. The molecule has 1 aromatic carbocycles. The first-order valence-electron chi connectivity index (χ1n) is 6.81. The minimum Gasteiger partial charge on any atom is -0.736 e. The highest BCUT2D eigenvalue weighted by molar-refractivity contribution is 7.78. The molecule has 0 atom stereocenters. The molecule has 0 amide bonds. The van der Waals surface area contributed by atoms with E-state index in [1.54, 1.807) is 18.4 Å². The number of nitrogens with zero attached hydrogens (tertiary/aromatic N) is 1. The first-order valence-corrected chi connectivity index (χ1v) is 8.91. The predicted octanol–water partition coefficient (Wildman–Crippen LogP) is 5.69. The number of benzene rings is 1. The van der Waals surface area contributed by atoms with Crippen molar-refractivity contribution in [2.45, 2.75) is 13.1 Å². The summed E-state index contributed by atoms with van der Waals surface area (Å²) in [6.45, 7) is 1.80. The highest BCUT2D eigenvalue weighted by Crippen LogP contribution is 2.37. The number of hydrogen-bond acceptors (Lipinski definition) is 5. The highest BCUT2D eigenvalue weighted by Gasteiger charge is 2.31. The van der Waals surface area contributed by atoms with Crippen molar-refractivity contribution in [3.8, 4) is 21.8 Å². The van der Waals surface area contributed by atoms with Gasteiger partial charge in [0.15, 0.2) is 0 Å². The Morgan fingerprint density at radius 1 is 1.20 bits per heavy atom. The molecule has 0 fully saturated rings. The second-order valence-electron chi connectivity index (χ2n) is 5.13. The van der Waals surface area contributed by atoms with Crippen molar-refractivity contribution in [2.24, 2.45) is 0 Å². The highest BCUT2D eigenvalue weighted by atomic mass is 32.1. The van der Waals surface area contributed by atoms with Gasteiger partial charge in [-0.1, -0.05) is 0 Å². The smallest absolute Gasteiger partial charge is 0.416 e. The number of aryl methyl sites for hydroxylation is 1. The first kappa shape index (κ1) is 18.0. The minimum atomic E-state index is -4.64. The topological polar surface area (TPSA) is 30.0 Å². The van der Waals surface area contributed by atoms with Crippen molar-refractivity contribution in [2.75, 3.05) is 0 Å².